The number of carbonyl (C=O) groups is 1. The van der Waals surface area contributed by atoms with Gasteiger partial charge in [-0.15, -0.1) is 0 Å². The number of esters is 1. The number of rotatable bonds is 3. The molecule has 0 aromatic heterocycles. The van der Waals surface area contributed by atoms with Crippen molar-refractivity contribution in [2.24, 2.45) is 0 Å². The van der Waals surface area contributed by atoms with Crippen LogP contribution in [0.25, 0.3) is 0 Å². The second kappa shape index (κ2) is 5.42. The van der Waals surface area contributed by atoms with Crippen LogP contribution in [0.5, 0.6) is 5.75 Å². The van der Waals surface area contributed by atoms with Gasteiger partial charge < -0.3 is 9.47 Å². The van der Waals surface area contributed by atoms with E-state index in [1.807, 2.05) is 52.8 Å². The van der Waals surface area contributed by atoms with E-state index in [0.717, 1.165) is 16.9 Å². The molecule has 1 aromatic carbocycles. The summed E-state index contributed by atoms with van der Waals surface area (Å²) in [7, 11) is 0. The van der Waals surface area contributed by atoms with Crippen molar-refractivity contribution in [3.05, 3.63) is 29.3 Å². The van der Waals surface area contributed by atoms with Crippen molar-refractivity contribution in [1.29, 1.82) is 0 Å². The molecule has 0 saturated carbocycles. The van der Waals surface area contributed by atoms with Crippen molar-refractivity contribution < 1.29 is 14.3 Å². The van der Waals surface area contributed by atoms with Gasteiger partial charge in [0.25, 0.3) is 0 Å². The molecule has 0 spiro atoms. The topological polar surface area (TPSA) is 35.5 Å². The number of benzene rings is 1. The van der Waals surface area contributed by atoms with Crippen molar-refractivity contribution in [1.82, 2.24) is 0 Å². The minimum atomic E-state index is -0.607. The van der Waals surface area contributed by atoms with Crippen LogP contribution >= 0.6 is 0 Å². The van der Waals surface area contributed by atoms with Crippen LogP contribution in [0.15, 0.2) is 18.2 Å². The molecule has 0 aliphatic heterocycles. The van der Waals surface area contributed by atoms with E-state index >= 15 is 0 Å². The van der Waals surface area contributed by atoms with Gasteiger partial charge in [-0.05, 0) is 52.7 Å². The van der Waals surface area contributed by atoms with Crippen LogP contribution in [-0.4, -0.2) is 17.7 Å². The monoisotopic (exact) mass is 250 g/mol. The highest BCUT2D eigenvalue weighted by Gasteiger charge is 2.23. The number of aryl methyl sites for hydroxylation is 2. The van der Waals surface area contributed by atoms with E-state index in [4.69, 9.17) is 9.47 Å². The van der Waals surface area contributed by atoms with Crippen LogP contribution < -0.4 is 4.74 Å². The van der Waals surface area contributed by atoms with E-state index in [1.165, 1.54) is 0 Å². The molecule has 0 heterocycles. The summed E-state index contributed by atoms with van der Waals surface area (Å²) in [4.78, 5) is 11.8. The lowest BCUT2D eigenvalue weighted by Gasteiger charge is -2.23. The predicted octanol–water partition coefficient (Wildman–Crippen LogP) is 3.41. The molecule has 0 aliphatic carbocycles. The Bertz CT molecular complexity index is 410. The molecular formula is C15H22O3. The van der Waals surface area contributed by atoms with Crippen LogP contribution in [0, 0.1) is 13.8 Å². The van der Waals surface area contributed by atoms with Crippen molar-refractivity contribution in [3.8, 4) is 5.75 Å². The molecule has 1 unspecified atom stereocenters. The third kappa shape index (κ3) is 4.06. The molecule has 3 heteroatoms. The molecule has 3 nitrogen and oxygen atoms in total. The predicted molar refractivity (Wildman–Crippen MR) is 71.9 cm³/mol. The zero-order chi connectivity index (χ0) is 13.9. The highest BCUT2D eigenvalue weighted by molar-refractivity contribution is 5.75. The van der Waals surface area contributed by atoms with Gasteiger partial charge in [-0.2, -0.15) is 0 Å². The van der Waals surface area contributed by atoms with Gasteiger partial charge in [0, 0.05) is 0 Å². The third-order valence-electron chi connectivity index (χ3n) is 2.44. The number of carbonyl (C=O) groups excluding carboxylic acids is 1. The Morgan fingerprint density at radius 1 is 1.17 bits per heavy atom. The van der Waals surface area contributed by atoms with Crippen LogP contribution in [-0.2, 0) is 9.53 Å². The SMILES string of the molecule is Cc1cccc(C)c1OC(C)C(=O)OC(C)(C)C. The summed E-state index contributed by atoms with van der Waals surface area (Å²) in [5.74, 6) is 0.418. The maximum atomic E-state index is 11.8. The Morgan fingerprint density at radius 3 is 2.11 bits per heavy atom. The molecule has 0 amide bonds. The molecule has 0 radical (unpaired) electrons. The summed E-state index contributed by atoms with van der Waals surface area (Å²) in [6.07, 6.45) is -0.607. The van der Waals surface area contributed by atoms with Crippen molar-refractivity contribution >= 4 is 5.97 Å². The summed E-state index contributed by atoms with van der Waals surface area (Å²) in [6, 6.07) is 5.89. The molecule has 100 valence electrons. The highest BCUT2D eigenvalue weighted by Crippen LogP contribution is 2.24. The van der Waals surface area contributed by atoms with Crippen LogP contribution in [0.1, 0.15) is 38.8 Å². The Labute approximate surface area is 109 Å². The van der Waals surface area contributed by atoms with Gasteiger partial charge in [0.15, 0.2) is 6.10 Å². The summed E-state index contributed by atoms with van der Waals surface area (Å²) in [5, 5.41) is 0. The van der Waals surface area contributed by atoms with Crippen molar-refractivity contribution in [3.63, 3.8) is 0 Å². The van der Waals surface area contributed by atoms with Crippen LogP contribution in [0.2, 0.25) is 0 Å². The number of para-hydroxylation sites is 1. The fourth-order valence-electron chi connectivity index (χ4n) is 1.59. The molecule has 1 rings (SSSR count). The summed E-state index contributed by atoms with van der Waals surface area (Å²) < 4.78 is 11.0. The van der Waals surface area contributed by atoms with E-state index in [0.29, 0.717) is 0 Å². The van der Waals surface area contributed by atoms with E-state index in [9.17, 15) is 4.79 Å². The minimum absolute atomic E-state index is 0.342. The molecule has 1 atom stereocenters. The number of ether oxygens (including phenoxy) is 2. The summed E-state index contributed by atoms with van der Waals surface area (Å²) in [5.41, 5.74) is 1.55. The zero-order valence-corrected chi connectivity index (χ0v) is 12.0. The fraction of sp³-hybridized carbons (Fsp3) is 0.533. The lowest BCUT2D eigenvalue weighted by Crippen LogP contribution is -2.33. The van der Waals surface area contributed by atoms with E-state index in [2.05, 4.69) is 0 Å². The van der Waals surface area contributed by atoms with Gasteiger partial charge >= 0.3 is 5.97 Å². The van der Waals surface area contributed by atoms with Gasteiger partial charge in [0.2, 0.25) is 0 Å². The maximum absolute atomic E-state index is 11.8. The smallest absolute Gasteiger partial charge is 0.347 e. The second-order valence-corrected chi connectivity index (χ2v) is 5.51. The highest BCUT2D eigenvalue weighted by atomic mass is 16.6. The summed E-state index contributed by atoms with van der Waals surface area (Å²) >= 11 is 0. The fourth-order valence-corrected chi connectivity index (χ4v) is 1.59. The molecule has 0 fully saturated rings. The lowest BCUT2D eigenvalue weighted by molar-refractivity contribution is -0.162. The Hall–Kier alpha value is -1.51. The first-order valence-corrected chi connectivity index (χ1v) is 6.16. The minimum Gasteiger partial charge on any atom is -0.478 e. The first-order valence-electron chi connectivity index (χ1n) is 6.16. The van der Waals surface area contributed by atoms with Gasteiger partial charge in [-0.3, -0.25) is 0 Å². The van der Waals surface area contributed by atoms with E-state index in [-0.39, 0.29) is 5.97 Å². The first kappa shape index (κ1) is 14.6. The molecule has 18 heavy (non-hydrogen) atoms. The maximum Gasteiger partial charge on any atom is 0.347 e. The number of hydrogen-bond acceptors (Lipinski definition) is 3. The van der Waals surface area contributed by atoms with Crippen molar-refractivity contribution in [2.75, 3.05) is 0 Å². The Morgan fingerprint density at radius 2 is 1.67 bits per heavy atom. The average Bonchev–Trinajstić information content (AvgIpc) is 2.21. The average molecular weight is 250 g/mol. The van der Waals surface area contributed by atoms with Gasteiger partial charge in [-0.1, -0.05) is 18.2 Å². The van der Waals surface area contributed by atoms with Gasteiger partial charge in [0.1, 0.15) is 11.4 Å². The normalized spacial score (nSPS) is 13.0. The molecule has 0 saturated heterocycles. The van der Waals surface area contributed by atoms with Crippen LogP contribution in [0.4, 0.5) is 0 Å². The molecule has 0 N–H and O–H groups in total. The van der Waals surface area contributed by atoms with E-state index < -0.39 is 11.7 Å². The molecule has 1 aromatic rings. The largest absolute Gasteiger partial charge is 0.478 e. The van der Waals surface area contributed by atoms with Crippen LogP contribution in [0.3, 0.4) is 0 Å². The molecule has 0 aliphatic rings. The summed E-state index contributed by atoms with van der Waals surface area (Å²) in [6.45, 7) is 11.2. The van der Waals surface area contributed by atoms with Crippen molar-refractivity contribution in [2.45, 2.75) is 53.2 Å². The quantitative estimate of drug-likeness (QED) is 0.771. The second-order valence-electron chi connectivity index (χ2n) is 5.51. The standard InChI is InChI=1S/C15H22O3/c1-10-8-7-9-11(2)13(10)17-12(3)14(16)18-15(4,5)6/h7-9,12H,1-6H3. The zero-order valence-electron chi connectivity index (χ0n) is 12.0. The van der Waals surface area contributed by atoms with E-state index in [1.54, 1.807) is 6.92 Å². The Balaban J connectivity index is 2.76. The number of hydrogen-bond donors (Lipinski definition) is 0. The molecule has 0 bridgehead atoms. The Kier molecular flexibility index (Phi) is 4.38. The molecular weight excluding hydrogens is 228 g/mol. The first-order chi connectivity index (χ1) is 8.20. The van der Waals surface area contributed by atoms with Gasteiger partial charge in [-0.25, -0.2) is 4.79 Å². The third-order valence-corrected chi connectivity index (χ3v) is 2.44. The lowest BCUT2D eigenvalue weighted by atomic mass is 10.1. The van der Waals surface area contributed by atoms with Gasteiger partial charge in [0.05, 0.1) is 0 Å².